The minimum Gasteiger partial charge on any atom is -0.433 e. The summed E-state index contributed by atoms with van der Waals surface area (Å²) in [6.45, 7) is -2.21. The molecule has 2 aromatic carbocycles. The highest BCUT2D eigenvalue weighted by atomic mass is 35.5. The highest BCUT2D eigenvalue weighted by Crippen LogP contribution is 2.29. The van der Waals surface area contributed by atoms with E-state index in [1.807, 2.05) is 30.3 Å². The number of carbonyl (C=O) groups is 2. The zero-order valence-corrected chi connectivity index (χ0v) is 15.0. The van der Waals surface area contributed by atoms with Gasteiger partial charge in [-0.25, -0.2) is 0 Å². The third-order valence-corrected chi connectivity index (χ3v) is 4.51. The third kappa shape index (κ3) is 4.95. The molecular formula is C19H17ClF2N2O3. The largest absolute Gasteiger partial charge is 0.433 e. The number of nitrogens with one attached hydrogen (secondary N) is 1. The number of nitrogens with zero attached hydrogens (tertiary/aromatic N) is 1. The molecule has 142 valence electrons. The van der Waals surface area contributed by atoms with E-state index in [0.717, 1.165) is 5.56 Å². The minimum absolute atomic E-state index is 0.0405. The molecule has 2 amide bonds. The van der Waals surface area contributed by atoms with Gasteiger partial charge in [0.2, 0.25) is 11.8 Å². The van der Waals surface area contributed by atoms with Crippen LogP contribution in [0.15, 0.2) is 48.5 Å². The molecule has 1 fully saturated rings. The van der Waals surface area contributed by atoms with Gasteiger partial charge in [-0.05, 0) is 23.8 Å². The van der Waals surface area contributed by atoms with Crippen LogP contribution in [0.4, 0.5) is 14.5 Å². The zero-order chi connectivity index (χ0) is 19.4. The molecule has 1 aliphatic rings. The first-order valence-electron chi connectivity index (χ1n) is 8.29. The van der Waals surface area contributed by atoms with Crippen LogP contribution in [-0.2, 0) is 16.1 Å². The van der Waals surface area contributed by atoms with Gasteiger partial charge in [0.15, 0.2) is 0 Å². The monoisotopic (exact) mass is 394 g/mol. The standard InChI is InChI=1S/C19H17ClF2N2O3/c20-15-9-14(6-7-16(15)27-19(21)22)23-18(26)13-8-17(25)24(11-13)10-12-4-2-1-3-5-12/h1-7,9,13,19H,8,10-11H2,(H,23,26)/t13-/m1/s1. The fourth-order valence-corrected chi connectivity index (χ4v) is 3.14. The number of hydrogen-bond acceptors (Lipinski definition) is 3. The Kier molecular flexibility index (Phi) is 5.91. The maximum Gasteiger partial charge on any atom is 0.387 e. The zero-order valence-electron chi connectivity index (χ0n) is 14.2. The number of likely N-dealkylation sites (tertiary alicyclic amines) is 1. The van der Waals surface area contributed by atoms with Gasteiger partial charge in [-0.2, -0.15) is 8.78 Å². The average Bonchev–Trinajstić information content (AvgIpc) is 2.99. The number of amides is 2. The van der Waals surface area contributed by atoms with Crippen molar-refractivity contribution >= 4 is 29.1 Å². The second-order valence-electron chi connectivity index (χ2n) is 6.17. The van der Waals surface area contributed by atoms with Crippen LogP contribution in [0.3, 0.4) is 0 Å². The molecular weight excluding hydrogens is 378 g/mol. The topological polar surface area (TPSA) is 58.6 Å². The smallest absolute Gasteiger partial charge is 0.387 e. The van der Waals surface area contributed by atoms with Gasteiger partial charge in [0.1, 0.15) is 5.75 Å². The van der Waals surface area contributed by atoms with Crippen molar-refractivity contribution < 1.29 is 23.1 Å². The second kappa shape index (κ2) is 8.35. The van der Waals surface area contributed by atoms with Gasteiger partial charge in [-0.15, -0.1) is 0 Å². The highest BCUT2D eigenvalue weighted by Gasteiger charge is 2.34. The maximum absolute atomic E-state index is 12.4. The van der Waals surface area contributed by atoms with Gasteiger partial charge in [-0.1, -0.05) is 41.9 Å². The number of hydrogen-bond donors (Lipinski definition) is 1. The first-order chi connectivity index (χ1) is 12.9. The Bertz CT molecular complexity index is 833. The summed E-state index contributed by atoms with van der Waals surface area (Å²) in [5.41, 5.74) is 1.34. The molecule has 0 spiro atoms. The molecule has 0 unspecified atom stereocenters. The molecule has 1 atom stereocenters. The summed E-state index contributed by atoms with van der Waals surface area (Å²) in [4.78, 5) is 26.3. The molecule has 2 aromatic rings. The Morgan fingerprint density at radius 1 is 1.26 bits per heavy atom. The Balaban J connectivity index is 1.60. The van der Waals surface area contributed by atoms with Crippen molar-refractivity contribution in [3.63, 3.8) is 0 Å². The van der Waals surface area contributed by atoms with Crippen molar-refractivity contribution in [1.82, 2.24) is 4.90 Å². The fourth-order valence-electron chi connectivity index (χ4n) is 2.92. The fraction of sp³-hybridized carbons (Fsp3) is 0.263. The number of ether oxygens (including phenoxy) is 1. The predicted molar refractivity (Wildman–Crippen MR) is 96.7 cm³/mol. The first-order valence-corrected chi connectivity index (χ1v) is 8.67. The van der Waals surface area contributed by atoms with Crippen LogP contribution in [0, 0.1) is 5.92 Å². The van der Waals surface area contributed by atoms with Crippen LogP contribution in [0.1, 0.15) is 12.0 Å². The Morgan fingerprint density at radius 3 is 2.67 bits per heavy atom. The normalized spacial score (nSPS) is 16.7. The van der Waals surface area contributed by atoms with Crippen LogP contribution < -0.4 is 10.1 Å². The van der Waals surface area contributed by atoms with Gasteiger partial charge in [0.25, 0.3) is 0 Å². The van der Waals surface area contributed by atoms with Crippen molar-refractivity contribution in [1.29, 1.82) is 0 Å². The Morgan fingerprint density at radius 2 is 2.00 bits per heavy atom. The molecule has 0 saturated carbocycles. The van der Waals surface area contributed by atoms with E-state index in [0.29, 0.717) is 18.8 Å². The molecule has 5 nitrogen and oxygen atoms in total. The van der Waals surface area contributed by atoms with Gasteiger partial charge in [0, 0.05) is 25.2 Å². The molecule has 0 bridgehead atoms. The predicted octanol–water partition coefficient (Wildman–Crippen LogP) is 3.93. The number of carbonyl (C=O) groups excluding carboxylic acids is 2. The number of benzene rings is 2. The van der Waals surface area contributed by atoms with E-state index in [9.17, 15) is 18.4 Å². The quantitative estimate of drug-likeness (QED) is 0.807. The lowest BCUT2D eigenvalue weighted by Crippen LogP contribution is -2.28. The molecule has 0 aromatic heterocycles. The summed E-state index contributed by atoms with van der Waals surface area (Å²) in [5.74, 6) is -1.07. The van der Waals surface area contributed by atoms with Crippen molar-refractivity contribution in [3.05, 3.63) is 59.1 Å². The van der Waals surface area contributed by atoms with E-state index in [2.05, 4.69) is 10.1 Å². The molecule has 1 heterocycles. The number of anilines is 1. The molecule has 0 aliphatic carbocycles. The number of alkyl halides is 2. The highest BCUT2D eigenvalue weighted by molar-refractivity contribution is 6.32. The third-order valence-electron chi connectivity index (χ3n) is 4.22. The van der Waals surface area contributed by atoms with Crippen LogP contribution in [0.2, 0.25) is 5.02 Å². The van der Waals surface area contributed by atoms with Crippen LogP contribution in [0.5, 0.6) is 5.75 Å². The Hall–Kier alpha value is -2.67. The van der Waals surface area contributed by atoms with Gasteiger partial charge in [0.05, 0.1) is 10.9 Å². The first kappa shape index (κ1) is 19.1. The lowest BCUT2D eigenvalue weighted by Gasteiger charge is -2.17. The van der Waals surface area contributed by atoms with Crippen LogP contribution >= 0.6 is 11.6 Å². The van der Waals surface area contributed by atoms with E-state index >= 15 is 0 Å². The summed E-state index contributed by atoms with van der Waals surface area (Å²) in [6.07, 6.45) is 0.124. The minimum atomic E-state index is -2.98. The molecule has 1 saturated heterocycles. The lowest BCUT2D eigenvalue weighted by molar-refractivity contribution is -0.128. The summed E-state index contributed by atoms with van der Waals surface area (Å²) in [7, 11) is 0. The van der Waals surface area contributed by atoms with E-state index in [1.165, 1.54) is 18.2 Å². The molecule has 0 radical (unpaired) electrons. The summed E-state index contributed by atoms with van der Waals surface area (Å²) in [5, 5.41) is 2.62. The Labute approximate surface area is 159 Å². The van der Waals surface area contributed by atoms with E-state index in [4.69, 9.17) is 11.6 Å². The van der Waals surface area contributed by atoms with E-state index < -0.39 is 12.5 Å². The van der Waals surface area contributed by atoms with E-state index in [-0.39, 0.29) is 29.0 Å². The van der Waals surface area contributed by atoms with Crippen molar-refractivity contribution in [3.8, 4) is 5.75 Å². The van der Waals surface area contributed by atoms with Gasteiger partial charge < -0.3 is 15.0 Å². The van der Waals surface area contributed by atoms with Gasteiger partial charge in [-0.3, -0.25) is 9.59 Å². The number of halogens is 3. The average molecular weight is 395 g/mol. The lowest BCUT2D eigenvalue weighted by atomic mass is 10.1. The van der Waals surface area contributed by atoms with Crippen molar-refractivity contribution in [2.45, 2.75) is 19.6 Å². The molecule has 8 heteroatoms. The molecule has 1 aliphatic heterocycles. The van der Waals surface area contributed by atoms with Crippen molar-refractivity contribution in [2.75, 3.05) is 11.9 Å². The maximum atomic E-state index is 12.4. The summed E-state index contributed by atoms with van der Waals surface area (Å²) >= 11 is 5.88. The number of rotatable bonds is 6. The SMILES string of the molecule is O=C(Nc1ccc(OC(F)F)c(Cl)c1)[C@@H]1CC(=O)N(Cc2ccccc2)C1. The summed E-state index contributed by atoms with van der Waals surface area (Å²) < 4.78 is 28.8. The second-order valence-corrected chi connectivity index (χ2v) is 6.58. The molecule has 1 N–H and O–H groups in total. The summed E-state index contributed by atoms with van der Waals surface area (Å²) in [6, 6.07) is 13.5. The van der Waals surface area contributed by atoms with Crippen LogP contribution in [0.25, 0.3) is 0 Å². The van der Waals surface area contributed by atoms with E-state index in [1.54, 1.807) is 4.90 Å². The van der Waals surface area contributed by atoms with Crippen LogP contribution in [-0.4, -0.2) is 29.9 Å². The molecule has 3 rings (SSSR count). The van der Waals surface area contributed by atoms with Crippen molar-refractivity contribution in [2.24, 2.45) is 5.92 Å². The van der Waals surface area contributed by atoms with Gasteiger partial charge >= 0.3 is 6.61 Å². The molecule has 27 heavy (non-hydrogen) atoms.